The Kier molecular flexibility index (Phi) is 5.18. The van der Waals surface area contributed by atoms with E-state index in [1.807, 2.05) is 18.2 Å². The van der Waals surface area contributed by atoms with Crippen LogP contribution in [-0.2, 0) is 6.54 Å². The van der Waals surface area contributed by atoms with E-state index < -0.39 is 7.12 Å². The molecule has 0 aliphatic carbocycles. The fraction of sp³-hybridized carbons (Fsp3) is 0.538. The molecule has 0 aromatic heterocycles. The second-order valence-corrected chi connectivity index (χ2v) is 4.98. The van der Waals surface area contributed by atoms with Gasteiger partial charge in [0.2, 0.25) is 0 Å². The molecule has 0 aliphatic rings. The van der Waals surface area contributed by atoms with Crippen molar-refractivity contribution in [3.63, 3.8) is 0 Å². The van der Waals surface area contributed by atoms with Gasteiger partial charge in [-0.05, 0) is 38.7 Å². The zero-order chi connectivity index (χ0) is 13.0. The van der Waals surface area contributed by atoms with Crippen molar-refractivity contribution in [2.24, 2.45) is 0 Å². The second kappa shape index (κ2) is 6.19. The van der Waals surface area contributed by atoms with Crippen LogP contribution in [0, 0.1) is 0 Å². The van der Waals surface area contributed by atoms with Crippen LogP contribution in [0.5, 0.6) is 0 Å². The van der Waals surface area contributed by atoms with Crippen LogP contribution in [0.2, 0.25) is 0 Å². The van der Waals surface area contributed by atoms with Crippen LogP contribution in [0.15, 0.2) is 24.3 Å². The van der Waals surface area contributed by atoms with Gasteiger partial charge >= 0.3 is 7.12 Å². The number of rotatable bonds is 5. The first-order valence-electron chi connectivity index (χ1n) is 6.12. The van der Waals surface area contributed by atoms with Crippen molar-refractivity contribution >= 4 is 12.6 Å². The standard InChI is InChI=1S/C13H22BNO2/c1-10(2)15(11(3)4)9-12-6-5-7-13(8-12)14(16)17/h5-8,10-11,16-17H,9H2,1-4H3. The van der Waals surface area contributed by atoms with Crippen molar-refractivity contribution in [3.05, 3.63) is 29.8 Å². The molecule has 3 nitrogen and oxygen atoms in total. The fourth-order valence-corrected chi connectivity index (χ4v) is 2.02. The lowest BCUT2D eigenvalue weighted by Crippen LogP contribution is -2.37. The third-order valence-electron chi connectivity index (χ3n) is 2.94. The van der Waals surface area contributed by atoms with Crippen LogP contribution < -0.4 is 5.46 Å². The Morgan fingerprint density at radius 3 is 2.18 bits per heavy atom. The van der Waals surface area contributed by atoms with Crippen molar-refractivity contribution in [3.8, 4) is 0 Å². The third kappa shape index (κ3) is 4.15. The molecule has 94 valence electrons. The monoisotopic (exact) mass is 235 g/mol. The van der Waals surface area contributed by atoms with Gasteiger partial charge in [0, 0.05) is 18.6 Å². The molecule has 0 amide bonds. The number of benzene rings is 1. The summed E-state index contributed by atoms with van der Waals surface area (Å²) in [6.45, 7) is 9.51. The van der Waals surface area contributed by atoms with Crippen molar-refractivity contribution in [1.29, 1.82) is 0 Å². The van der Waals surface area contributed by atoms with E-state index in [0.717, 1.165) is 12.1 Å². The van der Waals surface area contributed by atoms with E-state index in [1.54, 1.807) is 6.07 Å². The highest BCUT2D eigenvalue weighted by atomic mass is 16.4. The average Bonchev–Trinajstić information content (AvgIpc) is 2.25. The highest BCUT2D eigenvalue weighted by Gasteiger charge is 2.15. The smallest absolute Gasteiger partial charge is 0.423 e. The lowest BCUT2D eigenvalue weighted by molar-refractivity contribution is 0.166. The largest absolute Gasteiger partial charge is 0.488 e. The summed E-state index contributed by atoms with van der Waals surface area (Å²) >= 11 is 0. The van der Waals surface area contributed by atoms with Gasteiger partial charge in [-0.25, -0.2) is 0 Å². The lowest BCUT2D eigenvalue weighted by atomic mass is 9.79. The Labute approximate surface area is 104 Å². The molecular weight excluding hydrogens is 213 g/mol. The van der Waals surface area contributed by atoms with Crippen LogP contribution in [0.1, 0.15) is 33.3 Å². The highest BCUT2D eigenvalue weighted by molar-refractivity contribution is 6.58. The summed E-state index contributed by atoms with van der Waals surface area (Å²) in [6, 6.07) is 8.40. The summed E-state index contributed by atoms with van der Waals surface area (Å²) in [4.78, 5) is 2.36. The van der Waals surface area contributed by atoms with Gasteiger partial charge in [-0.3, -0.25) is 4.90 Å². The normalized spacial score (nSPS) is 11.6. The van der Waals surface area contributed by atoms with Crippen LogP contribution in [0.25, 0.3) is 0 Å². The van der Waals surface area contributed by atoms with Crippen molar-refractivity contribution in [1.82, 2.24) is 4.90 Å². The Balaban J connectivity index is 2.82. The minimum absolute atomic E-state index is 0.470. The van der Waals surface area contributed by atoms with Crippen molar-refractivity contribution in [2.75, 3.05) is 0 Å². The summed E-state index contributed by atoms with van der Waals surface area (Å²) in [7, 11) is -1.39. The van der Waals surface area contributed by atoms with Crippen molar-refractivity contribution < 1.29 is 10.0 Å². The first-order chi connectivity index (χ1) is 7.91. The van der Waals surface area contributed by atoms with Crippen LogP contribution in [-0.4, -0.2) is 34.2 Å². The summed E-state index contributed by atoms with van der Waals surface area (Å²) in [6.07, 6.45) is 0. The molecule has 0 bridgehead atoms. The van der Waals surface area contributed by atoms with E-state index in [1.165, 1.54) is 0 Å². The molecule has 0 aliphatic heterocycles. The van der Waals surface area contributed by atoms with E-state index in [9.17, 15) is 0 Å². The SMILES string of the molecule is CC(C)N(Cc1cccc(B(O)O)c1)C(C)C. The molecule has 0 spiro atoms. The molecule has 2 N–H and O–H groups in total. The molecule has 1 rings (SSSR count). The molecular formula is C13H22BNO2. The molecule has 1 aromatic carbocycles. The van der Waals surface area contributed by atoms with Gasteiger partial charge in [0.1, 0.15) is 0 Å². The number of hydrogen-bond donors (Lipinski definition) is 2. The molecule has 0 saturated heterocycles. The van der Waals surface area contributed by atoms with Gasteiger partial charge in [-0.15, -0.1) is 0 Å². The number of hydrogen-bond acceptors (Lipinski definition) is 3. The fourth-order valence-electron chi connectivity index (χ4n) is 2.02. The van der Waals surface area contributed by atoms with Crippen LogP contribution in [0.4, 0.5) is 0 Å². The Hall–Kier alpha value is -0.835. The highest BCUT2D eigenvalue weighted by Crippen LogP contribution is 2.11. The molecule has 1 aromatic rings. The van der Waals surface area contributed by atoms with Gasteiger partial charge in [-0.2, -0.15) is 0 Å². The Morgan fingerprint density at radius 1 is 1.12 bits per heavy atom. The summed E-state index contributed by atoms with van der Waals surface area (Å²) < 4.78 is 0. The first-order valence-corrected chi connectivity index (χ1v) is 6.12. The molecule has 0 atom stereocenters. The van der Waals surface area contributed by atoms with E-state index >= 15 is 0 Å². The molecule has 0 saturated carbocycles. The van der Waals surface area contributed by atoms with Gasteiger partial charge < -0.3 is 10.0 Å². The van der Waals surface area contributed by atoms with E-state index in [2.05, 4.69) is 32.6 Å². The maximum Gasteiger partial charge on any atom is 0.488 e. The molecule has 0 fully saturated rings. The quantitative estimate of drug-likeness (QED) is 0.748. The Morgan fingerprint density at radius 2 is 1.71 bits per heavy atom. The minimum atomic E-state index is -1.39. The molecule has 0 unspecified atom stereocenters. The summed E-state index contributed by atoms with van der Waals surface area (Å²) in [5.41, 5.74) is 1.66. The van der Waals surface area contributed by atoms with Gasteiger partial charge in [0.05, 0.1) is 0 Å². The van der Waals surface area contributed by atoms with E-state index in [4.69, 9.17) is 10.0 Å². The van der Waals surface area contributed by atoms with Crippen molar-refractivity contribution in [2.45, 2.75) is 46.3 Å². The topological polar surface area (TPSA) is 43.7 Å². The molecule has 0 radical (unpaired) electrons. The van der Waals surface area contributed by atoms with E-state index in [0.29, 0.717) is 17.5 Å². The number of nitrogens with zero attached hydrogens (tertiary/aromatic N) is 1. The minimum Gasteiger partial charge on any atom is -0.423 e. The van der Waals surface area contributed by atoms with Gasteiger partial charge in [0.25, 0.3) is 0 Å². The molecule has 0 heterocycles. The third-order valence-corrected chi connectivity index (χ3v) is 2.94. The van der Waals surface area contributed by atoms with Crippen LogP contribution in [0.3, 0.4) is 0 Å². The average molecular weight is 235 g/mol. The summed E-state index contributed by atoms with van der Waals surface area (Å²) in [5, 5.41) is 18.3. The Bertz CT molecular complexity index is 345. The molecule has 4 heteroatoms. The summed E-state index contributed by atoms with van der Waals surface area (Å²) in [5.74, 6) is 0. The van der Waals surface area contributed by atoms with E-state index in [-0.39, 0.29) is 0 Å². The predicted molar refractivity (Wildman–Crippen MR) is 72.1 cm³/mol. The molecule has 17 heavy (non-hydrogen) atoms. The van der Waals surface area contributed by atoms with Gasteiger partial charge in [0.15, 0.2) is 0 Å². The van der Waals surface area contributed by atoms with Gasteiger partial charge in [-0.1, -0.05) is 24.3 Å². The predicted octanol–water partition coefficient (Wildman–Crippen LogP) is 0.985. The van der Waals surface area contributed by atoms with Crippen LogP contribution >= 0.6 is 0 Å². The maximum absolute atomic E-state index is 9.14. The zero-order valence-corrected chi connectivity index (χ0v) is 11.1. The second-order valence-electron chi connectivity index (χ2n) is 4.98. The first kappa shape index (κ1) is 14.2. The maximum atomic E-state index is 9.14. The zero-order valence-electron chi connectivity index (χ0n) is 11.1. The lowest BCUT2D eigenvalue weighted by Gasteiger charge is -2.30.